The average molecular weight is 257 g/mol. The van der Waals surface area contributed by atoms with Gasteiger partial charge in [0.2, 0.25) is 0 Å². The van der Waals surface area contributed by atoms with Crippen LogP contribution in [0, 0.1) is 0 Å². The van der Waals surface area contributed by atoms with Crippen LogP contribution in [0.3, 0.4) is 0 Å². The highest BCUT2D eigenvalue weighted by Crippen LogP contribution is 2.30. The van der Waals surface area contributed by atoms with E-state index in [1.54, 1.807) is 11.8 Å². The summed E-state index contributed by atoms with van der Waals surface area (Å²) in [4.78, 5) is 1.27. The zero-order valence-corrected chi connectivity index (χ0v) is 9.82. The average Bonchev–Trinajstić information content (AvgIpc) is 2.50. The molecule has 0 bridgehead atoms. The zero-order chi connectivity index (χ0) is 9.42. The summed E-state index contributed by atoms with van der Waals surface area (Å²) in [6.07, 6.45) is 3.99. The maximum atomic E-state index is 4.24. The van der Waals surface area contributed by atoms with Gasteiger partial charge in [-0.1, -0.05) is 0 Å². The summed E-state index contributed by atoms with van der Waals surface area (Å²) in [5, 5.41) is 5.45. The van der Waals surface area contributed by atoms with Crippen LogP contribution in [-0.4, -0.2) is 16.0 Å². The highest BCUT2D eigenvalue weighted by molar-refractivity contribution is 9.10. The Bertz CT molecular complexity index is 450. The number of halogens is 1. The molecule has 0 saturated heterocycles. The van der Waals surface area contributed by atoms with Crippen LogP contribution in [0.2, 0.25) is 0 Å². The number of aryl methyl sites for hydroxylation is 1. The Kier molecular flexibility index (Phi) is 2.34. The molecule has 0 aliphatic carbocycles. The Morgan fingerprint density at radius 3 is 2.92 bits per heavy atom. The lowest BCUT2D eigenvalue weighted by molar-refractivity contribution is 0.795. The largest absolute Gasteiger partial charge is 0.267 e. The fourth-order valence-corrected chi connectivity index (χ4v) is 2.57. The number of hydrogen-bond acceptors (Lipinski definition) is 2. The SMILES string of the molecule is CSc1ccc(Br)c2c1cnn2C. The summed E-state index contributed by atoms with van der Waals surface area (Å²) in [7, 11) is 1.96. The van der Waals surface area contributed by atoms with Crippen molar-refractivity contribution in [1.29, 1.82) is 0 Å². The normalized spacial score (nSPS) is 11.0. The Labute approximate surface area is 89.4 Å². The summed E-state index contributed by atoms with van der Waals surface area (Å²) in [5.41, 5.74) is 1.16. The first kappa shape index (κ1) is 9.09. The van der Waals surface area contributed by atoms with Gasteiger partial charge in [0.1, 0.15) is 0 Å². The lowest BCUT2D eigenvalue weighted by atomic mass is 10.2. The fourth-order valence-electron chi connectivity index (χ4n) is 1.40. The highest BCUT2D eigenvalue weighted by atomic mass is 79.9. The minimum atomic E-state index is 1.10. The van der Waals surface area contributed by atoms with E-state index in [1.165, 1.54) is 10.3 Å². The second-order valence-corrected chi connectivity index (χ2v) is 4.48. The van der Waals surface area contributed by atoms with Crippen molar-refractivity contribution in [1.82, 2.24) is 9.78 Å². The van der Waals surface area contributed by atoms with Crippen molar-refractivity contribution in [2.45, 2.75) is 4.90 Å². The van der Waals surface area contributed by atoms with Crippen molar-refractivity contribution in [2.24, 2.45) is 7.05 Å². The van der Waals surface area contributed by atoms with E-state index in [9.17, 15) is 0 Å². The lowest BCUT2D eigenvalue weighted by Crippen LogP contribution is -1.89. The second kappa shape index (κ2) is 3.35. The molecule has 0 N–H and O–H groups in total. The smallest absolute Gasteiger partial charge is 0.0832 e. The van der Waals surface area contributed by atoms with Crippen LogP contribution in [0.25, 0.3) is 10.9 Å². The predicted molar refractivity (Wildman–Crippen MR) is 60.2 cm³/mol. The third-order valence-corrected chi connectivity index (χ3v) is 3.47. The molecule has 0 aliphatic rings. The molecule has 1 aromatic heterocycles. The van der Waals surface area contributed by atoms with Gasteiger partial charge < -0.3 is 0 Å². The number of aromatic nitrogens is 2. The molecule has 4 heteroatoms. The van der Waals surface area contributed by atoms with Crippen molar-refractivity contribution in [3.63, 3.8) is 0 Å². The van der Waals surface area contributed by atoms with Gasteiger partial charge in [0.05, 0.1) is 11.7 Å². The monoisotopic (exact) mass is 256 g/mol. The van der Waals surface area contributed by atoms with Crippen LogP contribution in [0.5, 0.6) is 0 Å². The van der Waals surface area contributed by atoms with E-state index in [1.807, 2.05) is 17.9 Å². The van der Waals surface area contributed by atoms with Gasteiger partial charge in [0.25, 0.3) is 0 Å². The first-order chi connectivity index (χ1) is 6.24. The van der Waals surface area contributed by atoms with E-state index in [2.05, 4.69) is 39.4 Å². The van der Waals surface area contributed by atoms with E-state index < -0.39 is 0 Å². The summed E-state index contributed by atoms with van der Waals surface area (Å²) in [5.74, 6) is 0. The molecule has 13 heavy (non-hydrogen) atoms. The Morgan fingerprint density at radius 1 is 1.46 bits per heavy atom. The van der Waals surface area contributed by atoms with Gasteiger partial charge in [-0.2, -0.15) is 5.10 Å². The third kappa shape index (κ3) is 1.38. The van der Waals surface area contributed by atoms with Gasteiger partial charge in [-0.05, 0) is 34.3 Å². The summed E-state index contributed by atoms with van der Waals surface area (Å²) >= 11 is 5.27. The first-order valence-corrected chi connectivity index (χ1v) is 5.90. The second-order valence-electron chi connectivity index (χ2n) is 2.78. The number of fused-ring (bicyclic) bond motifs is 1. The molecule has 0 atom stereocenters. The van der Waals surface area contributed by atoms with Crippen molar-refractivity contribution in [2.75, 3.05) is 6.26 Å². The van der Waals surface area contributed by atoms with Gasteiger partial charge in [-0.15, -0.1) is 11.8 Å². The summed E-state index contributed by atoms with van der Waals surface area (Å²) in [6.45, 7) is 0. The van der Waals surface area contributed by atoms with Crippen molar-refractivity contribution < 1.29 is 0 Å². The molecular formula is C9H9BrN2S. The number of nitrogens with zero attached hydrogens (tertiary/aromatic N) is 2. The van der Waals surface area contributed by atoms with Gasteiger partial charge in [-0.25, -0.2) is 0 Å². The standard InChI is InChI=1S/C9H9BrN2S/c1-12-9-6(5-11-12)8(13-2)4-3-7(9)10/h3-5H,1-2H3. The fraction of sp³-hybridized carbons (Fsp3) is 0.222. The maximum Gasteiger partial charge on any atom is 0.0832 e. The molecule has 0 amide bonds. The van der Waals surface area contributed by atoms with Crippen molar-refractivity contribution >= 4 is 38.6 Å². The van der Waals surface area contributed by atoms with E-state index >= 15 is 0 Å². The Morgan fingerprint density at radius 2 is 2.23 bits per heavy atom. The number of hydrogen-bond donors (Lipinski definition) is 0. The van der Waals surface area contributed by atoms with E-state index in [0.717, 1.165) is 9.99 Å². The molecule has 0 unspecified atom stereocenters. The van der Waals surface area contributed by atoms with Gasteiger partial charge in [-0.3, -0.25) is 4.68 Å². The van der Waals surface area contributed by atoms with Crippen LogP contribution in [-0.2, 0) is 7.05 Å². The van der Waals surface area contributed by atoms with Gasteiger partial charge in [0, 0.05) is 21.8 Å². The molecule has 0 radical (unpaired) electrons. The van der Waals surface area contributed by atoms with Crippen LogP contribution in [0.4, 0.5) is 0 Å². The van der Waals surface area contributed by atoms with Crippen molar-refractivity contribution in [3.05, 3.63) is 22.8 Å². The maximum absolute atomic E-state index is 4.24. The minimum absolute atomic E-state index is 1.10. The molecule has 0 aliphatic heterocycles. The molecule has 0 saturated carbocycles. The van der Waals surface area contributed by atoms with Gasteiger partial charge >= 0.3 is 0 Å². The van der Waals surface area contributed by atoms with Crippen molar-refractivity contribution in [3.8, 4) is 0 Å². The van der Waals surface area contributed by atoms with Crippen LogP contribution < -0.4 is 0 Å². The van der Waals surface area contributed by atoms with E-state index in [4.69, 9.17) is 0 Å². The van der Waals surface area contributed by atoms with Gasteiger partial charge in [0.15, 0.2) is 0 Å². The lowest BCUT2D eigenvalue weighted by Gasteiger charge is -2.01. The molecule has 1 heterocycles. The zero-order valence-electron chi connectivity index (χ0n) is 7.41. The minimum Gasteiger partial charge on any atom is -0.267 e. The molecule has 1 aromatic carbocycles. The molecule has 68 valence electrons. The van der Waals surface area contributed by atoms with E-state index in [0.29, 0.717) is 0 Å². The molecule has 0 spiro atoms. The number of thioether (sulfide) groups is 1. The number of rotatable bonds is 1. The van der Waals surface area contributed by atoms with E-state index in [-0.39, 0.29) is 0 Å². The molecule has 2 aromatic rings. The molecule has 2 rings (SSSR count). The highest BCUT2D eigenvalue weighted by Gasteiger charge is 2.07. The Balaban J connectivity index is 2.87. The van der Waals surface area contributed by atoms with Crippen LogP contribution in [0.15, 0.2) is 27.7 Å². The van der Waals surface area contributed by atoms with Crippen LogP contribution >= 0.6 is 27.7 Å². The summed E-state index contributed by atoms with van der Waals surface area (Å²) in [6, 6.07) is 4.18. The topological polar surface area (TPSA) is 17.8 Å². The molecule has 2 nitrogen and oxygen atoms in total. The third-order valence-electron chi connectivity index (χ3n) is 2.03. The predicted octanol–water partition coefficient (Wildman–Crippen LogP) is 3.06. The Hall–Kier alpha value is -0.480. The molecule has 0 fully saturated rings. The first-order valence-electron chi connectivity index (χ1n) is 3.88. The quantitative estimate of drug-likeness (QED) is 0.731. The van der Waals surface area contributed by atoms with Crippen LogP contribution in [0.1, 0.15) is 0 Å². The summed E-state index contributed by atoms with van der Waals surface area (Å²) < 4.78 is 2.99. The molecular weight excluding hydrogens is 248 g/mol. The number of benzene rings is 1.